The topological polar surface area (TPSA) is 56.3 Å². The van der Waals surface area contributed by atoms with Gasteiger partial charge in [0.1, 0.15) is 0 Å². The zero-order valence-corrected chi connectivity index (χ0v) is 10.5. The van der Waals surface area contributed by atoms with Crippen molar-refractivity contribution in [2.24, 2.45) is 0 Å². The fourth-order valence-electron chi connectivity index (χ4n) is 1.68. The third kappa shape index (κ3) is 3.01. The first-order chi connectivity index (χ1) is 7.96. The maximum Gasteiger partial charge on any atom is 0.264 e. The summed E-state index contributed by atoms with van der Waals surface area (Å²) >= 11 is 0. The van der Waals surface area contributed by atoms with Crippen molar-refractivity contribution in [1.29, 1.82) is 0 Å². The maximum absolute atomic E-state index is 11.0. The van der Waals surface area contributed by atoms with Crippen LogP contribution < -0.4 is 0 Å². The van der Waals surface area contributed by atoms with E-state index in [0.717, 1.165) is 28.4 Å². The Labute approximate surface area is 100 Å². The molecule has 0 saturated carbocycles. The molecule has 0 radical (unpaired) electrons. The van der Waals surface area contributed by atoms with Gasteiger partial charge in [0, 0.05) is 11.1 Å². The summed E-state index contributed by atoms with van der Waals surface area (Å²) in [5.74, 6) is 0. The second kappa shape index (κ2) is 4.43. The molecule has 17 heavy (non-hydrogen) atoms. The number of nitrogens with zero attached hydrogens (tertiary/aromatic N) is 1. The second-order valence-electron chi connectivity index (χ2n) is 3.91. The number of aryl methyl sites for hydroxylation is 1. The van der Waals surface area contributed by atoms with Crippen molar-refractivity contribution in [3.8, 4) is 0 Å². The lowest BCUT2D eigenvalue weighted by Gasteiger charge is -2.07. The van der Waals surface area contributed by atoms with E-state index in [9.17, 15) is 8.42 Å². The smallest absolute Gasteiger partial charge is 0.264 e. The van der Waals surface area contributed by atoms with Gasteiger partial charge < -0.3 is 0 Å². The van der Waals surface area contributed by atoms with Crippen LogP contribution in [-0.4, -0.2) is 19.7 Å². The second-order valence-corrected chi connectivity index (χ2v) is 5.55. The first-order valence-corrected chi connectivity index (χ1v) is 6.97. The van der Waals surface area contributed by atoms with Crippen molar-refractivity contribution < 1.29 is 12.6 Å². The van der Waals surface area contributed by atoms with Crippen molar-refractivity contribution in [3.63, 3.8) is 0 Å². The van der Waals surface area contributed by atoms with Crippen molar-refractivity contribution in [3.05, 3.63) is 41.6 Å². The number of hydrogen-bond acceptors (Lipinski definition) is 4. The highest BCUT2D eigenvalue weighted by atomic mass is 32.2. The summed E-state index contributed by atoms with van der Waals surface area (Å²) < 4.78 is 26.8. The summed E-state index contributed by atoms with van der Waals surface area (Å²) in [5, 5.41) is 0.918. The standard InChI is InChI=1S/C12H13NO3S/c1-9-7-10(8-16-17(2,14)15)11-5-3-4-6-12(11)13-9/h3-7H,8H2,1-2H3. The zero-order valence-electron chi connectivity index (χ0n) is 9.67. The summed E-state index contributed by atoms with van der Waals surface area (Å²) in [4.78, 5) is 4.38. The average Bonchev–Trinajstić information content (AvgIpc) is 2.24. The molecule has 1 aromatic heterocycles. The highest BCUT2D eigenvalue weighted by Crippen LogP contribution is 2.19. The van der Waals surface area contributed by atoms with Gasteiger partial charge in [-0.1, -0.05) is 18.2 Å². The Kier molecular flexibility index (Phi) is 3.13. The molecule has 0 atom stereocenters. The third-order valence-corrected chi connectivity index (χ3v) is 2.90. The van der Waals surface area contributed by atoms with Gasteiger partial charge >= 0.3 is 0 Å². The predicted octanol–water partition coefficient (Wildman–Crippen LogP) is 2.02. The molecule has 90 valence electrons. The minimum atomic E-state index is -3.42. The molecule has 0 unspecified atom stereocenters. The number of rotatable bonds is 3. The highest BCUT2D eigenvalue weighted by molar-refractivity contribution is 7.85. The number of fused-ring (bicyclic) bond motifs is 1. The van der Waals surface area contributed by atoms with Crippen molar-refractivity contribution in [2.45, 2.75) is 13.5 Å². The van der Waals surface area contributed by atoms with Crippen LogP contribution in [0.2, 0.25) is 0 Å². The Hall–Kier alpha value is -1.46. The van der Waals surface area contributed by atoms with E-state index in [-0.39, 0.29) is 6.61 Å². The predicted molar refractivity (Wildman–Crippen MR) is 66.1 cm³/mol. The maximum atomic E-state index is 11.0. The van der Waals surface area contributed by atoms with E-state index in [0.29, 0.717) is 0 Å². The third-order valence-electron chi connectivity index (χ3n) is 2.36. The molecule has 2 aromatic rings. The number of hydrogen-bond donors (Lipinski definition) is 0. The number of aromatic nitrogens is 1. The van der Waals surface area contributed by atoms with Crippen LogP contribution in [-0.2, 0) is 20.9 Å². The number of pyridine rings is 1. The SMILES string of the molecule is Cc1cc(COS(C)(=O)=O)c2ccccc2n1. The van der Waals surface area contributed by atoms with Gasteiger partial charge in [-0.05, 0) is 24.6 Å². The van der Waals surface area contributed by atoms with Gasteiger partial charge in [0.2, 0.25) is 0 Å². The molecule has 0 saturated heterocycles. The van der Waals surface area contributed by atoms with Gasteiger partial charge in [0.15, 0.2) is 0 Å². The van der Waals surface area contributed by atoms with E-state index in [2.05, 4.69) is 4.98 Å². The summed E-state index contributed by atoms with van der Waals surface area (Å²) in [5.41, 5.74) is 2.52. The van der Waals surface area contributed by atoms with E-state index in [1.165, 1.54) is 0 Å². The molecule has 4 nitrogen and oxygen atoms in total. The molecule has 0 aliphatic rings. The molecule has 0 fully saturated rings. The van der Waals surface area contributed by atoms with Crippen molar-refractivity contribution in [2.75, 3.05) is 6.26 Å². The monoisotopic (exact) mass is 251 g/mol. The number of benzene rings is 1. The van der Waals surface area contributed by atoms with Crippen molar-refractivity contribution >= 4 is 21.0 Å². The molecule has 0 spiro atoms. The van der Waals surface area contributed by atoms with E-state index < -0.39 is 10.1 Å². The van der Waals surface area contributed by atoms with E-state index >= 15 is 0 Å². The molecular weight excluding hydrogens is 238 g/mol. The fourth-order valence-corrected chi connectivity index (χ4v) is 2.03. The van der Waals surface area contributed by atoms with Crippen LogP contribution in [0, 0.1) is 6.92 Å². The lowest BCUT2D eigenvalue weighted by Crippen LogP contribution is -2.03. The van der Waals surface area contributed by atoms with E-state index in [1.54, 1.807) is 0 Å². The van der Waals surface area contributed by atoms with Gasteiger partial charge in [-0.15, -0.1) is 0 Å². The molecule has 0 aliphatic heterocycles. The molecule has 0 aliphatic carbocycles. The normalized spacial score (nSPS) is 11.9. The Morgan fingerprint density at radius 3 is 2.71 bits per heavy atom. The Morgan fingerprint density at radius 1 is 1.29 bits per heavy atom. The van der Waals surface area contributed by atoms with Gasteiger partial charge in [0.05, 0.1) is 18.4 Å². The molecule has 1 heterocycles. The van der Waals surface area contributed by atoms with Crippen LogP contribution >= 0.6 is 0 Å². The van der Waals surface area contributed by atoms with Crippen molar-refractivity contribution in [1.82, 2.24) is 4.98 Å². The largest absolute Gasteiger partial charge is 0.265 e. The fraction of sp³-hybridized carbons (Fsp3) is 0.250. The van der Waals surface area contributed by atoms with Gasteiger partial charge in [0.25, 0.3) is 10.1 Å². The Morgan fingerprint density at radius 2 is 2.00 bits per heavy atom. The van der Waals surface area contributed by atoms with Crippen LogP contribution in [0.25, 0.3) is 10.9 Å². The van der Waals surface area contributed by atoms with Crippen LogP contribution in [0.3, 0.4) is 0 Å². The van der Waals surface area contributed by atoms with E-state index in [4.69, 9.17) is 4.18 Å². The minimum Gasteiger partial charge on any atom is -0.265 e. The Bertz CT molecular complexity index is 650. The summed E-state index contributed by atoms with van der Waals surface area (Å²) in [7, 11) is -3.42. The average molecular weight is 251 g/mol. The summed E-state index contributed by atoms with van der Waals surface area (Å²) in [6.45, 7) is 1.92. The first kappa shape index (κ1) is 12.0. The quantitative estimate of drug-likeness (QED) is 0.783. The van der Waals surface area contributed by atoms with Crippen LogP contribution in [0.1, 0.15) is 11.3 Å². The zero-order chi connectivity index (χ0) is 12.5. The first-order valence-electron chi connectivity index (χ1n) is 5.15. The van der Waals surface area contributed by atoms with Gasteiger partial charge in [-0.25, -0.2) is 0 Å². The molecular formula is C12H13NO3S. The van der Waals surface area contributed by atoms with Gasteiger partial charge in [-0.3, -0.25) is 9.17 Å². The van der Waals surface area contributed by atoms with Crippen LogP contribution in [0.5, 0.6) is 0 Å². The van der Waals surface area contributed by atoms with E-state index in [1.807, 2.05) is 37.3 Å². The lowest BCUT2D eigenvalue weighted by molar-refractivity contribution is 0.313. The van der Waals surface area contributed by atoms with Crippen LogP contribution in [0.15, 0.2) is 30.3 Å². The summed E-state index contributed by atoms with van der Waals surface area (Å²) in [6, 6.07) is 9.43. The molecule has 0 amide bonds. The molecule has 2 rings (SSSR count). The molecule has 0 bridgehead atoms. The lowest BCUT2D eigenvalue weighted by atomic mass is 10.1. The summed E-state index contributed by atoms with van der Waals surface area (Å²) in [6.07, 6.45) is 1.04. The minimum absolute atomic E-state index is 0.0444. The Balaban J connectivity index is 2.45. The number of para-hydroxylation sites is 1. The van der Waals surface area contributed by atoms with Crippen LogP contribution in [0.4, 0.5) is 0 Å². The highest BCUT2D eigenvalue weighted by Gasteiger charge is 2.07. The van der Waals surface area contributed by atoms with Gasteiger partial charge in [-0.2, -0.15) is 8.42 Å². The molecule has 5 heteroatoms. The molecule has 1 aromatic carbocycles. The molecule has 0 N–H and O–H groups in total.